The summed E-state index contributed by atoms with van der Waals surface area (Å²) in [6.07, 6.45) is -0.358. The molecule has 2 N–H and O–H groups in total. The van der Waals surface area contributed by atoms with Crippen molar-refractivity contribution in [1.82, 2.24) is 9.80 Å². The van der Waals surface area contributed by atoms with Gasteiger partial charge in [0.25, 0.3) is 5.91 Å². The second kappa shape index (κ2) is 11.4. The Kier molecular flexibility index (Phi) is 8.08. The highest BCUT2D eigenvalue weighted by Gasteiger charge is 2.58. The minimum absolute atomic E-state index is 0.0709. The van der Waals surface area contributed by atoms with Gasteiger partial charge in [-0.25, -0.2) is 4.39 Å². The molecule has 3 aliphatic rings. The number of carbonyl (C=O) groups excluding carboxylic acids is 2. The Bertz CT molecular complexity index is 1220. The molecule has 1 aliphatic carbocycles. The van der Waals surface area contributed by atoms with Crippen molar-refractivity contribution < 1.29 is 31.9 Å². The number of rotatable bonds is 8. The Labute approximate surface area is 231 Å². The van der Waals surface area contributed by atoms with Crippen molar-refractivity contribution >= 4 is 11.8 Å². The first-order valence-corrected chi connectivity index (χ1v) is 14.0. The lowest BCUT2D eigenvalue weighted by Gasteiger charge is -2.47. The van der Waals surface area contributed by atoms with Gasteiger partial charge in [-0.1, -0.05) is 24.6 Å². The normalized spacial score (nSPS) is 21.7. The highest BCUT2D eigenvalue weighted by atomic mass is 19.4. The summed E-state index contributed by atoms with van der Waals surface area (Å²) in [6, 6.07) is 10.9. The van der Waals surface area contributed by atoms with E-state index in [1.807, 2.05) is 4.90 Å². The van der Waals surface area contributed by atoms with Crippen LogP contribution in [0.5, 0.6) is 5.75 Å². The summed E-state index contributed by atoms with van der Waals surface area (Å²) < 4.78 is 61.2. The molecule has 0 spiro atoms. The minimum Gasteiger partial charge on any atom is -0.490 e. The second-order valence-electron chi connectivity index (χ2n) is 11.4. The van der Waals surface area contributed by atoms with Gasteiger partial charge in [0, 0.05) is 18.7 Å². The van der Waals surface area contributed by atoms with Gasteiger partial charge in [0.2, 0.25) is 5.91 Å². The zero-order valence-corrected chi connectivity index (χ0v) is 22.4. The fourth-order valence-electron chi connectivity index (χ4n) is 6.16. The lowest BCUT2D eigenvalue weighted by molar-refractivity contribution is -0.256. The molecule has 5 rings (SSSR count). The van der Waals surface area contributed by atoms with Crippen LogP contribution in [0, 0.1) is 17.2 Å². The number of alkyl halides is 3. The molecule has 10 heteroatoms. The number of nitrogens with zero attached hydrogens (tertiary/aromatic N) is 2. The monoisotopic (exact) mass is 561 g/mol. The SMILES string of the molecule is NC(=O)[C@@H]1CCCN1C(=O)c1ccc(-c2ccc(OCC3CCN(CC4(C(F)(F)F)CCC4)CC3)c(F)c2)cc1. The number of benzene rings is 2. The van der Waals surface area contributed by atoms with Gasteiger partial charge in [-0.2, -0.15) is 13.2 Å². The Morgan fingerprint density at radius 3 is 2.20 bits per heavy atom. The molecule has 1 saturated carbocycles. The van der Waals surface area contributed by atoms with E-state index in [0.717, 1.165) is 24.8 Å². The Hall–Kier alpha value is -3.14. The Morgan fingerprint density at radius 2 is 1.62 bits per heavy atom. The molecule has 2 heterocycles. The molecule has 0 bridgehead atoms. The number of hydrogen-bond donors (Lipinski definition) is 1. The first-order valence-electron chi connectivity index (χ1n) is 14.0. The number of likely N-dealkylation sites (tertiary alicyclic amines) is 2. The van der Waals surface area contributed by atoms with E-state index in [-0.39, 0.29) is 37.0 Å². The number of amides is 2. The number of hydrogen-bond acceptors (Lipinski definition) is 4. The average Bonchev–Trinajstić information content (AvgIpc) is 3.40. The third-order valence-corrected chi connectivity index (χ3v) is 8.86. The molecule has 3 fully saturated rings. The molecule has 216 valence electrons. The van der Waals surface area contributed by atoms with E-state index in [0.29, 0.717) is 50.2 Å². The van der Waals surface area contributed by atoms with Gasteiger partial charge >= 0.3 is 6.18 Å². The summed E-state index contributed by atoms with van der Waals surface area (Å²) in [5, 5.41) is 0. The van der Waals surface area contributed by atoms with E-state index < -0.39 is 29.4 Å². The average molecular weight is 562 g/mol. The first-order chi connectivity index (χ1) is 19.1. The van der Waals surface area contributed by atoms with Gasteiger partial charge in [0.15, 0.2) is 11.6 Å². The van der Waals surface area contributed by atoms with Gasteiger partial charge in [-0.05, 0) is 92.9 Å². The number of piperidine rings is 1. The van der Waals surface area contributed by atoms with Gasteiger partial charge in [0.1, 0.15) is 6.04 Å². The Morgan fingerprint density at radius 1 is 0.950 bits per heavy atom. The van der Waals surface area contributed by atoms with Crippen LogP contribution in [0.25, 0.3) is 11.1 Å². The number of carbonyl (C=O) groups is 2. The topological polar surface area (TPSA) is 75.9 Å². The van der Waals surface area contributed by atoms with Crippen molar-refractivity contribution in [1.29, 1.82) is 0 Å². The standard InChI is InChI=1S/C30H35F4N3O3/c31-24-17-23(21-4-6-22(7-5-21)28(39)37-14-1-3-25(37)27(35)38)8-9-26(24)40-18-20-10-15-36(16-11-20)19-29(12-2-13-29)30(32,33)34/h4-9,17,20,25H,1-3,10-16,18-19H2,(H2,35,38)/t25-/m0/s1. The molecule has 0 radical (unpaired) electrons. The minimum atomic E-state index is -4.16. The van der Waals surface area contributed by atoms with Gasteiger partial charge < -0.3 is 20.3 Å². The van der Waals surface area contributed by atoms with Crippen molar-refractivity contribution in [2.75, 3.05) is 32.8 Å². The van der Waals surface area contributed by atoms with E-state index in [1.54, 1.807) is 36.4 Å². The second-order valence-corrected chi connectivity index (χ2v) is 11.4. The summed E-state index contributed by atoms with van der Waals surface area (Å²) >= 11 is 0. The smallest absolute Gasteiger partial charge is 0.395 e. The number of halogens is 4. The molecular weight excluding hydrogens is 526 g/mol. The predicted octanol–water partition coefficient (Wildman–Crippen LogP) is 5.41. The number of primary amides is 1. The van der Waals surface area contributed by atoms with Crippen LogP contribution < -0.4 is 10.5 Å². The highest BCUT2D eigenvalue weighted by Crippen LogP contribution is 2.53. The van der Waals surface area contributed by atoms with Gasteiger partial charge in [0.05, 0.1) is 12.0 Å². The van der Waals surface area contributed by atoms with E-state index >= 15 is 0 Å². The van der Waals surface area contributed by atoms with Crippen LogP contribution in [0.1, 0.15) is 55.3 Å². The van der Waals surface area contributed by atoms with Crippen LogP contribution in [0.3, 0.4) is 0 Å². The lowest BCUT2D eigenvalue weighted by atomic mass is 9.67. The zero-order chi connectivity index (χ0) is 28.5. The van der Waals surface area contributed by atoms with Crippen molar-refractivity contribution in [3.05, 3.63) is 53.8 Å². The summed E-state index contributed by atoms with van der Waals surface area (Å²) in [5.41, 5.74) is 5.67. The molecule has 2 aliphatic heterocycles. The maximum Gasteiger partial charge on any atom is 0.395 e. The van der Waals surface area contributed by atoms with Crippen LogP contribution in [-0.2, 0) is 4.79 Å². The molecule has 0 unspecified atom stereocenters. The predicted molar refractivity (Wildman–Crippen MR) is 142 cm³/mol. The third-order valence-electron chi connectivity index (χ3n) is 8.86. The van der Waals surface area contributed by atoms with Crippen molar-refractivity contribution in [3.8, 4) is 16.9 Å². The molecule has 2 saturated heterocycles. The number of nitrogens with two attached hydrogens (primary N) is 1. The zero-order valence-electron chi connectivity index (χ0n) is 22.4. The van der Waals surface area contributed by atoms with Crippen LogP contribution >= 0.6 is 0 Å². The maximum absolute atomic E-state index is 14.9. The lowest BCUT2D eigenvalue weighted by Crippen LogP contribution is -2.53. The van der Waals surface area contributed by atoms with E-state index in [9.17, 15) is 27.2 Å². The fraction of sp³-hybridized carbons (Fsp3) is 0.533. The summed E-state index contributed by atoms with van der Waals surface area (Å²) in [5.74, 6) is -0.970. The van der Waals surface area contributed by atoms with Crippen LogP contribution in [0.4, 0.5) is 17.6 Å². The van der Waals surface area contributed by atoms with Crippen LogP contribution in [0.2, 0.25) is 0 Å². The summed E-state index contributed by atoms with van der Waals surface area (Å²) in [4.78, 5) is 27.9. The molecular formula is C30H35F4N3O3. The number of ether oxygens (including phenoxy) is 1. The molecule has 6 nitrogen and oxygen atoms in total. The van der Waals surface area contributed by atoms with Gasteiger partial charge in [-0.3, -0.25) is 9.59 Å². The summed E-state index contributed by atoms with van der Waals surface area (Å²) in [6.45, 7) is 2.05. The first kappa shape index (κ1) is 28.4. The Balaban J connectivity index is 1.13. The van der Waals surface area contributed by atoms with Crippen molar-refractivity contribution in [3.63, 3.8) is 0 Å². The molecule has 2 amide bonds. The van der Waals surface area contributed by atoms with Crippen LogP contribution in [-0.4, -0.2) is 66.6 Å². The molecule has 0 aromatic heterocycles. The molecule has 1 atom stereocenters. The molecule has 40 heavy (non-hydrogen) atoms. The third kappa shape index (κ3) is 5.82. The highest BCUT2D eigenvalue weighted by molar-refractivity contribution is 5.98. The molecule has 2 aromatic rings. The quantitative estimate of drug-likeness (QED) is 0.438. The van der Waals surface area contributed by atoms with E-state index in [2.05, 4.69) is 0 Å². The van der Waals surface area contributed by atoms with E-state index in [4.69, 9.17) is 10.5 Å². The van der Waals surface area contributed by atoms with Gasteiger partial charge in [-0.15, -0.1) is 0 Å². The molecule has 2 aromatic carbocycles. The van der Waals surface area contributed by atoms with Crippen molar-refractivity contribution in [2.24, 2.45) is 17.1 Å². The maximum atomic E-state index is 14.9. The summed E-state index contributed by atoms with van der Waals surface area (Å²) in [7, 11) is 0. The fourth-order valence-corrected chi connectivity index (χ4v) is 6.16. The van der Waals surface area contributed by atoms with Crippen LogP contribution in [0.15, 0.2) is 42.5 Å². The van der Waals surface area contributed by atoms with E-state index in [1.165, 1.54) is 11.0 Å². The largest absolute Gasteiger partial charge is 0.490 e. The van der Waals surface area contributed by atoms with Crippen molar-refractivity contribution in [2.45, 2.75) is 57.2 Å².